The second kappa shape index (κ2) is 8.20. The number of fused-ring (bicyclic) bond motifs is 2. The molecule has 31 heavy (non-hydrogen) atoms. The molecule has 0 bridgehead atoms. The summed E-state index contributed by atoms with van der Waals surface area (Å²) in [7, 11) is 0. The Morgan fingerprint density at radius 1 is 1.06 bits per heavy atom. The van der Waals surface area contributed by atoms with Gasteiger partial charge in [0.15, 0.2) is 10.1 Å². The molecule has 2 aliphatic rings. The zero-order valence-electron chi connectivity index (χ0n) is 17.2. The van der Waals surface area contributed by atoms with Crippen molar-refractivity contribution in [1.82, 2.24) is 4.98 Å². The first-order valence-electron chi connectivity index (χ1n) is 10.5. The van der Waals surface area contributed by atoms with E-state index in [9.17, 15) is 14.4 Å². The molecule has 5 nitrogen and oxygen atoms in total. The average Bonchev–Trinajstić information content (AvgIpc) is 3.30. The van der Waals surface area contributed by atoms with Crippen molar-refractivity contribution in [3.05, 3.63) is 53.6 Å². The molecule has 158 valence electrons. The van der Waals surface area contributed by atoms with Gasteiger partial charge in [0.05, 0.1) is 33.5 Å². The second-order valence-corrected chi connectivity index (χ2v) is 10.5. The highest BCUT2D eigenvalue weighted by molar-refractivity contribution is 8.01. The van der Waals surface area contributed by atoms with E-state index in [1.54, 1.807) is 6.07 Å². The highest BCUT2D eigenvalue weighted by Crippen LogP contribution is 2.41. The summed E-state index contributed by atoms with van der Waals surface area (Å²) >= 11 is 2.91. The Bertz CT molecular complexity index is 1160. The molecule has 0 spiro atoms. The van der Waals surface area contributed by atoms with Gasteiger partial charge in [0.2, 0.25) is 11.8 Å². The lowest BCUT2D eigenvalue weighted by Crippen LogP contribution is -2.30. The number of Topliss-reactive ketones (excluding diaryl/α,β-unsaturated/α-hetero) is 1. The summed E-state index contributed by atoms with van der Waals surface area (Å²) in [6.07, 6.45) is 3.66. The maximum absolute atomic E-state index is 12.9. The van der Waals surface area contributed by atoms with Crippen molar-refractivity contribution in [1.29, 1.82) is 0 Å². The Morgan fingerprint density at radius 2 is 1.74 bits per heavy atom. The van der Waals surface area contributed by atoms with Crippen molar-refractivity contribution in [2.24, 2.45) is 11.8 Å². The molecule has 2 amide bonds. The third kappa shape index (κ3) is 3.81. The number of hydrogen-bond acceptors (Lipinski definition) is 6. The first-order chi connectivity index (χ1) is 15.0. The number of aryl methyl sites for hydroxylation is 1. The van der Waals surface area contributed by atoms with Crippen LogP contribution in [-0.2, 0) is 9.59 Å². The van der Waals surface area contributed by atoms with Crippen LogP contribution in [0.5, 0.6) is 0 Å². The molecule has 0 unspecified atom stereocenters. The molecule has 1 saturated carbocycles. The van der Waals surface area contributed by atoms with E-state index in [0.29, 0.717) is 17.0 Å². The number of nitrogens with zero attached hydrogens (tertiary/aromatic N) is 2. The number of thioether (sulfide) groups is 1. The van der Waals surface area contributed by atoms with E-state index in [2.05, 4.69) is 4.98 Å². The highest BCUT2D eigenvalue weighted by Gasteiger charge is 2.48. The fourth-order valence-corrected chi connectivity index (χ4v) is 6.46. The second-order valence-electron chi connectivity index (χ2n) is 8.22. The van der Waals surface area contributed by atoms with E-state index in [0.717, 1.165) is 45.8 Å². The SMILES string of the molecule is Cc1ccc(C(=O)CSc2nc3ccc(N4C(=O)[C@H]5CCCC[C@@H]5C4=O)cc3s2)cc1. The summed E-state index contributed by atoms with van der Waals surface area (Å²) in [6, 6.07) is 13.1. The van der Waals surface area contributed by atoms with Crippen molar-refractivity contribution in [3.8, 4) is 0 Å². The number of thiazole rings is 1. The smallest absolute Gasteiger partial charge is 0.237 e. The van der Waals surface area contributed by atoms with Gasteiger partial charge in [-0.05, 0) is 38.0 Å². The largest absolute Gasteiger partial charge is 0.293 e. The zero-order chi connectivity index (χ0) is 21.5. The lowest BCUT2D eigenvalue weighted by molar-refractivity contribution is -0.122. The summed E-state index contributed by atoms with van der Waals surface area (Å²) in [5.74, 6) is -0.0356. The summed E-state index contributed by atoms with van der Waals surface area (Å²) in [5, 5.41) is 0. The minimum absolute atomic E-state index is 0.0585. The van der Waals surface area contributed by atoms with Crippen molar-refractivity contribution >= 4 is 56.6 Å². The lowest BCUT2D eigenvalue weighted by Gasteiger charge is -2.19. The van der Waals surface area contributed by atoms with Crippen molar-refractivity contribution in [3.63, 3.8) is 0 Å². The maximum atomic E-state index is 12.9. The van der Waals surface area contributed by atoms with Crippen LogP contribution in [-0.4, -0.2) is 28.3 Å². The van der Waals surface area contributed by atoms with Crippen molar-refractivity contribution in [2.75, 3.05) is 10.7 Å². The number of amides is 2. The number of carbonyl (C=O) groups is 3. The third-order valence-corrected chi connectivity index (χ3v) is 8.31. The molecule has 1 aliphatic carbocycles. The monoisotopic (exact) mass is 450 g/mol. The van der Waals surface area contributed by atoms with Gasteiger partial charge in [-0.1, -0.05) is 54.4 Å². The highest BCUT2D eigenvalue weighted by atomic mass is 32.2. The Labute approximate surface area is 188 Å². The number of aromatic nitrogens is 1. The van der Waals surface area contributed by atoms with Gasteiger partial charge in [-0.15, -0.1) is 11.3 Å². The minimum atomic E-state index is -0.155. The predicted molar refractivity (Wildman–Crippen MR) is 124 cm³/mol. The van der Waals surface area contributed by atoms with Crippen LogP contribution in [0.2, 0.25) is 0 Å². The Morgan fingerprint density at radius 3 is 2.42 bits per heavy atom. The zero-order valence-corrected chi connectivity index (χ0v) is 18.8. The maximum Gasteiger partial charge on any atom is 0.237 e. The topological polar surface area (TPSA) is 67.3 Å². The van der Waals surface area contributed by atoms with Gasteiger partial charge in [0, 0.05) is 5.56 Å². The quantitative estimate of drug-likeness (QED) is 0.301. The molecular formula is C24H22N2O3S2. The number of hydrogen-bond donors (Lipinski definition) is 0. The van der Waals surface area contributed by atoms with Gasteiger partial charge in [-0.2, -0.15) is 0 Å². The van der Waals surface area contributed by atoms with E-state index in [1.807, 2.05) is 43.3 Å². The first-order valence-corrected chi connectivity index (χ1v) is 12.3. The minimum Gasteiger partial charge on any atom is -0.293 e. The number of imide groups is 1. The number of carbonyl (C=O) groups excluding carboxylic acids is 3. The van der Waals surface area contributed by atoms with Crippen LogP contribution in [0.3, 0.4) is 0 Å². The molecule has 2 heterocycles. The standard InChI is InChI=1S/C24H22N2O3S2/c1-14-6-8-15(9-7-14)20(27)13-30-24-25-19-11-10-16(12-21(19)31-24)26-22(28)17-4-2-3-5-18(17)23(26)29/h6-12,17-18H,2-5,13H2,1H3/t17-,18-/m0/s1. The Kier molecular flexibility index (Phi) is 5.40. The number of rotatable bonds is 5. The number of anilines is 1. The Balaban J connectivity index is 1.33. The fourth-order valence-electron chi connectivity index (χ4n) is 4.46. The van der Waals surface area contributed by atoms with Crippen LogP contribution < -0.4 is 4.90 Å². The van der Waals surface area contributed by atoms with Crippen molar-refractivity contribution < 1.29 is 14.4 Å². The molecule has 1 aliphatic heterocycles. The third-order valence-electron chi connectivity index (χ3n) is 6.15. The van der Waals surface area contributed by atoms with E-state index < -0.39 is 0 Å². The van der Waals surface area contributed by atoms with E-state index in [4.69, 9.17) is 0 Å². The van der Waals surface area contributed by atoms with Crippen LogP contribution in [0.15, 0.2) is 46.8 Å². The molecule has 1 aromatic heterocycles. The summed E-state index contributed by atoms with van der Waals surface area (Å²) in [5.41, 5.74) is 3.28. The van der Waals surface area contributed by atoms with E-state index in [-0.39, 0.29) is 29.4 Å². The fraction of sp³-hybridized carbons (Fsp3) is 0.333. The van der Waals surface area contributed by atoms with Gasteiger partial charge in [-0.25, -0.2) is 4.98 Å². The van der Waals surface area contributed by atoms with Crippen LogP contribution >= 0.6 is 23.1 Å². The predicted octanol–water partition coefficient (Wildman–Crippen LogP) is 5.26. The van der Waals surface area contributed by atoms with Crippen molar-refractivity contribution in [2.45, 2.75) is 36.9 Å². The van der Waals surface area contributed by atoms with Gasteiger partial charge in [0.1, 0.15) is 0 Å². The van der Waals surface area contributed by atoms with Crippen LogP contribution in [0.4, 0.5) is 5.69 Å². The van der Waals surface area contributed by atoms with Gasteiger partial charge >= 0.3 is 0 Å². The molecular weight excluding hydrogens is 428 g/mol. The number of benzene rings is 2. The number of ketones is 1. The summed E-state index contributed by atoms with van der Waals surface area (Å²) < 4.78 is 1.72. The molecule has 5 rings (SSSR count). The van der Waals surface area contributed by atoms with Gasteiger partial charge < -0.3 is 0 Å². The molecule has 3 aromatic rings. The molecule has 2 atom stereocenters. The summed E-state index contributed by atoms with van der Waals surface area (Å²) in [6.45, 7) is 2.00. The van der Waals surface area contributed by atoms with E-state index in [1.165, 1.54) is 28.0 Å². The molecule has 2 fully saturated rings. The normalized spacial score (nSPS) is 21.0. The lowest BCUT2D eigenvalue weighted by atomic mass is 9.81. The van der Waals surface area contributed by atoms with Gasteiger partial charge in [0.25, 0.3) is 0 Å². The van der Waals surface area contributed by atoms with Crippen LogP contribution in [0.1, 0.15) is 41.6 Å². The van der Waals surface area contributed by atoms with Crippen LogP contribution in [0, 0.1) is 18.8 Å². The molecule has 0 radical (unpaired) electrons. The van der Waals surface area contributed by atoms with Gasteiger partial charge in [-0.3, -0.25) is 19.3 Å². The Hall–Kier alpha value is -2.51. The van der Waals surface area contributed by atoms with Crippen LogP contribution in [0.25, 0.3) is 10.2 Å². The van der Waals surface area contributed by atoms with E-state index >= 15 is 0 Å². The molecule has 7 heteroatoms. The molecule has 0 N–H and O–H groups in total. The summed E-state index contributed by atoms with van der Waals surface area (Å²) in [4.78, 5) is 44.2. The first kappa shape index (κ1) is 20.4. The molecule has 2 aromatic carbocycles. The average molecular weight is 451 g/mol. The molecule has 1 saturated heterocycles.